The summed E-state index contributed by atoms with van der Waals surface area (Å²) in [7, 11) is 0. The second kappa shape index (κ2) is 9.21. The van der Waals surface area contributed by atoms with Crippen molar-refractivity contribution in [2.75, 3.05) is 13.1 Å². The van der Waals surface area contributed by atoms with Crippen LogP contribution in [-0.2, 0) is 4.74 Å². The van der Waals surface area contributed by atoms with Gasteiger partial charge in [0.05, 0.1) is 11.8 Å². The lowest BCUT2D eigenvalue weighted by atomic mass is 10.0. The van der Waals surface area contributed by atoms with Crippen LogP contribution < -0.4 is 0 Å². The minimum atomic E-state index is -0.255. The maximum absolute atomic E-state index is 12.7. The van der Waals surface area contributed by atoms with E-state index in [-0.39, 0.29) is 18.1 Å². The van der Waals surface area contributed by atoms with Gasteiger partial charge in [-0.3, -0.25) is 9.78 Å². The molecule has 0 spiro atoms. The van der Waals surface area contributed by atoms with Gasteiger partial charge in [0.25, 0.3) is 5.91 Å². The van der Waals surface area contributed by atoms with E-state index >= 15 is 0 Å². The lowest BCUT2D eigenvalue weighted by molar-refractivity contribution is -0.0254. The molecule has 148 valence electrons. The smallest absolute Gasteiger partial charge is 0.253 e. The van der Waals surface area contributed by atoms with Gasteiger partial charge in [0.2, 0.25) is 0 Å². The summed E-state index contributed by atoms with van der Waals surface area (Å²) in [5.41, 5.74) is 2.63. The fourth-order valence-corrected chi connectivity index (χ4v) is 3.76. The van der Waals surface area contributed by atoms with E-state index in [1.54, 1.807) is 6.20 Å². The number of ether oxygens (including phenoxy) is 1. The average molecular weight is 407 g/mol. The van der Waals surface area contributed by atoms with E-state index in [0.717, 1.165) is 29.7 Å². The first-order valence-electron chi connectivity index (χ1n) is 9.87. The number of pyridine rings is 1. The van der Waals surface area contributed by atoms with Gasteiger partial charge in [-0.25, -0.2) is 0 Å². The fourth-order valence-electron chi connectivity index (χ4n) is 3.64. The van der Waals surface area contributed by atoms with E-state index in [1.165, 1.54) is 0 Å². The van der Waals surface area contributed by atoms with E-state index in [1.807, 2.05) is 77.7 Å². The summed E-state index contributed by atoms with van der Waals surface area (Å²) in [6.07, 6.45) is 3.20. The van der Waals surface area contributed by atoms with Crippen LogP contribution in [0.3, 0.4) is 0 Å². The van der Waals surface area contributed by atoms with Gasteiger partial charge in [-0.2, -0.15) is 0 Å². The zero-order chi connectivity index (χ0) is 20.1. The SMILES string of the molecule is O=C(c1ccccc1)N1CCC(OC(c2ccc(Cl)cc2)c2ccccn2)CC1. The van der Waals surface area contributed by atoms with Crippen LogP contribution in [0.1, 0.15) is 40.6 Å². The van der Waals surface area contributed by atoms with Crippen molar-refractivity contribution in [2.24, 2.45) is 0 Å². The molecule has 1 atom stereocenters. The molecule has 2 heterocycles. The van der Waals surface area contributed by atoms with Gasteiger partial charge in [0, 0.05) is 29.9 Å². The van der Waals surface area contributed by atoms with E-state index in [0.29, 0.717) is 18.1 Å². The highest BCUT2D eigenvalue weighted by molar-refractivity contribution is 6.30. The number of benzene rings is 2. The number of halogens is 1. The highest BCUT2D eigenvalue weighted by atomic mass is 35.5. The average Bonchev–Trinajstić information content (AvgIpc) is 2.79. The van der Waals surface area contributed by atoms with Crippen molar-refractivity contribution in [3.8, 4) is 0 Å². The third kappa shape index (κ3) is 4.84. The van der Waals surface area contributed by atoms with Crippen molar-refractivity contribution in [1.82, 2.24) is 9.88 Å². The zero-order valence-electron chi connectivity index (χ0n) is 16.1. The molecule has 1 unspecified atom stereocenters. The summed E-state index contributed by atoms with van der Waals surface area (Å²) in [5.74, 6) is 0.0861. The van der Waals surface area contributed by atoms with Crippen LogP contribution >= 0.6 is 11.6 Å². The number of hydrogen-bond donors (Lipinski definition) is 0. The molecule has 0 radical (unpaired) electrons. The molecule has 5 heteroatoms. The normalized spacial score (nSPS) is 15.8. The molecular formula is C24H23ClN2O2. The molecule has 1 aromatic heterocycles. The number of aromatic nitrogens is 1. The second-order valence-electron chi connectivity index (χ2n) is 7.18. The van der Waals surface area contributed by atoms with Crippen molar-refractivity contribution >= 4 is 17.5 Å². The molecule has 1 amide bonds. The summed E-state index contributed by atoms with van der Waals surface area (Å²) >= 11 is 6.06. The maximum Gasteiger partial charge on any atom is 0.253 e. The number of hydrogen-bond acceptors (Lipinski definition) is 3. The lowest BCUT2D eigenvalue weighted by Crippen LogP contribution is -2.41. The minimum Gasteiger partial charge on any atom is -0.364 e. The number of carbonyl (C=O) groups is 1. The molecule has 0 saturated carbocycles. The Hall–Kier alpha value is -2.69. The number of amides is 1. The monoisotopic (exact) mass is 406 g/mol. The first kappa shape index (κ1) is 19.6. The molecule has 4 rings (SSSR count). The van der Waals surface area contributed by atoms with E-state index < -0.39 is 0 Å². The van der Waals surface area contributed by atoms with E-state index in [4.69, 9.17) is 16.3 Å². The third-order valence-electron chi connectivity index (χ3n) is 5.21. The molecule has 2 aromatic carbocycles. The zero-order valence-corrected chi connectivity index (χ0v) is 16.8. The first-order valence-corrected chi connectivity index (χ1v) is 10.2. The number of nitrogens with zero attached hydrogens (tertiary/aromatic N) is 2. The number of rotatable bonds is 5. The van der Waals surface area contributed by atoms with Crippen LogP contribution in [0, 0.1) is 0 Å². The van der Waals surface area contributed by atoms with Crippen molar-refractivity contribution in [3.63, 3.8) is 0 Å². The Kier molecular flexibility index (Phi) is 6.23. The van der Waals surface area contributed by atoms with Crippen LogP contribution in [0.2, 0.25) is 5.02 Å². The molecular weight excluding hydrogens is 384 g/mol. The molecule has 1 fully saturated rings. The largest absolute Gasteiger partial charge is 0.364 e. The molecule has 3 aromatic rings. The van der Waals surface area contributed by atoms with Crippen molar-refractivity contribution < 1.29 is 9.53 Å². The molecule has 1 saturated heterocycles. The van der Waals surface area contributed by atoms with Crippen LogP contribution in [0.5, 0.6) is 0 Å². The summed E-state index contributed by atoms with van der Waals surface area (Å²) in [4.78, 5) is 19.1. The Labute approximate surface area is 176 Å². The fraction of sp³-hybridized carbons (Fsp3) is 0.250. The van der Waals surface area contributed by atoms with Gasteiger partial charge >= 0.3 is 0 Å². The van der Waals surface area contributed by atoms with Crippen LogP contribution in [0.15, 0.2) is 79.0 Å². The summed E-state index contributed by atoms with van der Waals surface area (Å²) in [6, 6.07) is 23.0. The highest BCUT2D eigenvalue weighted by Gasteiger charge is 2.27. The number of likely N-dealkylation sites (tertiary alicyclic amines) is 1. The van der Waals surface area contributed by atoms with Gasteiger partial charge in [-0.1, -0.05) is 48.0 Å². The van der Waals surface area contributed by atoms with Crippen molar-refractivity contribution in [1.29, 1.82) is 0 Å². The molecule has 0 N–H and O–H groups in total. The van der Waals surface area contributed by atoms with Crippen LogP contribution in [-0.4, -0.2) is 35.0 Å². The molecule has 4 nitrogen and oxygen atoms in total. The number of carbonyl (C=O) groups excluding carboxylic acids is 1. The third-order valence-corrected chi connectivity index (χ3v) is 5.46. The summed E-state index contributed by atoms with van der Waals surface area (Å²) in [5, 5.41) is 0.696. The van der Waals surface area contributed by atoms with Crippen molar-refractivity contribution in [3.05, 3.63) is 101 Å². The predicted molar refractivity (Wildman–Crippen MR) is 114 cm³/mol. The topological polar surface area (TPSA) is 42.4 Å². The van der Waals surface area contributed by atoms with Gasteiger partial charge in [0.1, 0.15) is 6.10 Å². The van der Waals surface area contributed by atoms with Gasteiger partial charge < -0.3 is 9.64 Å². The van der Waals surface area contributed by atoms with Crippen molar-refractivity contribution in [2.45, 2.75) is 25.0 Å². The Morgan fingerprint density at radius 3 is 2.31 bits per heavy atom. The Balaban J connectivity index is 1.44. The molecule has 0 aliphatic carbocycles. The lowest BCUT2D eigenvalue weighted by Gasteiger charge is -2.34. The molecule has 1 aliphatic heterocycles. The summed E-state index contributed by atoms with van der Waals surface area (Å²) < 4.78 is 6.49. The van der Waals surface area contributed by atoms with E-state index in [9.17, 15) is 4.79 Å². The van der Waals surface area contributed by atoms with Gasteiger partial charge in [0.15, 0.2) is 0 Å². The van der Waals surface area contributed by atoms with E-state index in [2.05, 4.69) is 4.98 Å². The van der Waals surface area contributed by atoms with Crippen LogP contribution in [0.25, 0.3) is 0 Å². The van der Waals surface area contributed by atoms with Gasteiger partial charge in [-0.05, 0) is 54.8 Å². The maximum atomic E-state index is 12.7. The Morgan fingerprint density at radius 2 is 1.66 bits per heavy atom. The van der Waals surface area contributed by atoms with Gasteiger partial charge in [-0.15, -0.1) is 0 Å². The Morgan fingerprint density at radius 1 is 0.966 bits per heavy atom. The Bertz CT molecular complexity index is 924. The molecule has 0 bridgehead atoms. The predicted octanol–water partition coefficient (Wildman–Crippen LogP) is 5.15. The molecule has 1 aliphatic rings. The quantitative estimate of drug-likeness (QED) is 0.588. The second-order valence-corrected chi connectivity index (χ2v) is 7.62. The first-order chi connectivity index (χ1) is 14.2. The highest BCUT2D eigenvalue weighted by Crippen LogP contribution is 2.30. The van der Waals surface area contributed by atoms with Crippen LogP contribution in [0.4, 0.5) is 0 Å². The number of piperidine rings is 1. The standard InChI is InChI=1S/C24H23ClN2O2/c25-20-11-9-18(10-12-20)23(22-8-4-5-15-26-22)29-21-13-16-27(17-14-21)24(28)19-6-2-1-3-7-19/h1-12,15,21,23H,13-14,16-17H2. The minimum absolute atomic E-state index is 0.0671. The summed E-state index contributed by atoms with van der Waals surface area (Å²) in [6.45, 7) is 1.38. The molecule has 29 heavy (non-hydrogen) atoms.